The zero-order valence-electron chi connectivity index (χ0n) is 21.2. The fourth-order valence-electron chi connectivity index (χ4n) is 3.64. The first-order chi connectivity index (χ1) is 17.9. The van der Waals surface area contributed by atoms with Crippen LogP contribution in [0.5, 0.6) is 11.5 Å². The van der Waals surface area contributed by atoms with Gasteiger partial charge in [0.2, 0.25) is 5.91 Å². The minimum absolute atomic E-state index is 0.0832. The Hall–Kier alpha value is -3.27. The summed E-state index contributed by atoms with van der Waals surface area (Å²) in [7, 11) is 4.75. The summed E-state index contributed by atoms with van der Waals surface area (Å²) in [6.07, 6.45) is 0.618. The molecule has 0 fully saturated rings. The van der Waals surface area contributed by atoms with Crippen LogP contribution in [0.2, 0.25) is 5.02 Å². The lowest BCUT2D eigenvalue weighted by atomic mass is 10.1. The number of ether oxygens (including phenoxy) is 3. The highest BCUT2D eigenvalue weighted by molar-refractivity contribution is 7.09. The second-order valence-corrected chi connectivity index (χ2v) is 9.65. The molecule has 0 spiro atoms. The molecular formula is C27H32ClN3O5S. The SMILES string of the molecule is COCCN(CC(=O)N(CCc1ccc(OC)c(OC)c1)Cc1cccs1)C(=O)Nc1ccc(Cl)cc1. The Balaban J connectivity index is 1.72. The van der Waals surface area contributed by atoms with Crippen molar-refractivity contribution in [3.8, 4) is 11.5 Å². The van der Waals surface area contributed by atoms with Gasteiger partial charge in [0.25, 0.3) is 0 Å². The molecule has 198 valence electrons. The molecule has 3 rings (SSSR count). The van der Waals surface area contributed by atoms with Gasteiger partial charge in [0.1, 0.15) is 6.54 Å². The monoisotopic (exact) mass is 545 g/mol. The highest BCUT2D eigenvalue weighted by atomic mass is 35.5. The van der Waals surface area contributed by atoms with Crippen molar-refractivity contribution in [2.45, 2.75) is 13.0 Å². The van der Waals surface area contributed by atoms with E-state index in [9.17, 15) is 9.59 Å². The van der Waals surface area contributed by atoms with Gasteiger partial charge in [0, 0.05) is 35.8 Å². The third-order valence-electron chi connectivity index (χ3n) is 5.67. The lowest BCUT2D eigenvalue weighted by Gasteiger charge is -2.27. The molecule has 0 atom stereocenters. The van der Waals surface area contributed by atoms with Gasteiger partial charge in [0.15, 0.2) is 11.5 Å². The van der Waals surface area contributed by atoms with Crippen molar-refractivity contribution in [2.24, 2.45) is 0 Å². The summed E-state index contributed by atoms with van der Waals surface area (Å²) in [6, 6.07) is 16.1. The van der Waals surface area contributed by atoms with Crippen molar-refractivity contribution >= 4 is 40.6 Å². The fourth-order valence-corrected chi connectivity index (χ4v) is 4.48. The Kier molecular flexibility index (Phi) is 11.1. The molecule has 0 saturated carbocycles. The molecule has 10 heteroatoms. The summed E-state index contributed by atoms with van der Waals surface area (Å²) in [6.45, 7) is 1.42. The molecule has 1 N–H and O–H groups in total. The molecule has 0 saturated heterocycles. The van der Waals surface area contributed by atoms with Crippen LogP contribution in [-0.4, -0.2) is 69.3 Å². The molecule has 3 amide bonds. The average Bonchev–Trinajstić information content (AvgIpc) is 3.43. The van der Waals surface area contributed by atoms with Gasteiger partial charge in [-0.1, -0.05) is 23.7 Å². The molecule has 2 aromatic carbocycles. The largest absolute Gasteiger partial charge is 0.493 e. The quantitative estimate of drug-likeness (QED) is 0.320. The topological polar surface area (TPSA) is 80.3 Å². The van der Waals surface area contributed by atoms with Crippen molar-refractivity contribution in [1.82, 2.24) is 9.80 Å². The van der Waals surface area contributed by atoms with E-state index in [2.05, 4.69) is 5.32 Å². The summed E-state index contributed by atoms with van der Waals surface area (Å²) in [5.41, 5.74) is 1.60. The van der Waals surface area contributed by atoms with E-state index in [0.29, 0.717) is 48.3 Å². The number of nitrogens with one attached hydrogen (secondary N) is 1. The highest BCUT2D eigenvalue weighted by Crippen LogP contribution is 2.28. The van der Waals surface area contributed by atoms with E-state index in [4.69, 9.17) is 25.8 Å². The summed E-state index contributed by atoms with van der Waals surface area (Å²) in [5, 5.41) is 5.38. The van der Waals surface area contributed by atoms with Crippen LogP contribution in [0.25, 0.3) is 0 Å². The van der Waals surface area contributed by atoms with Crippen molar-refractivity contribution in [2.75, 3.05) is 52.9 Å². The molecular weight excluding hydrogens is 514 g/mol. The summed E-state index contributed by atoms with van der Waals surface area (Å²) in [5.74, 6) is 1.13. The number of rotatable bonds is 13. The predicted octanol–water partition coefficient (Wildman–Crippen LogP) is 5.17. The second-order valence-electron chi connectivity index (χ2n) is 8.19. The third kappa shape index (κ3) is 8.66. The lowest BCUT2D eigenvalue weighted by Crippen LogP contribution is -2.46. The fraction of sp³-hybridized carbons (Fsp3) is 0.333. The van der Waals surface area contributed by atoms with Gasteiger partial charge in [-0.05, 0) is 59.8 Å². The van der Waals surface area contributed by atoms with Crippen LogP contribution in [0, 0.1) is 0 Å². The van der Waals surface area contributed by atoms with Gasteiger partial charge in [-0.15, -0.1) is 11.3 Å². The number of anilines is 1. The number of thiophene rings is 1. The molecule has 0 aliphatic heterocycles. The zero-order chi connectivity index (χ0) is 26.6. The van der Waals surface area contributed by atoms with Crippen LogP contribution < -0.4 is 14.8 Å². The van der Waals surface area contributed by atoms with E-state index in [0.717, 1.165) is 10.4 Å². The van der Waals surface area contributed by atoms with Gasteiger partial charge < -0.3 is 29.3 Å². The maximum Gasteiger partial charge on any atom is 0.322 e. The number of nitrogens with zero attached hydrogens (tertiary/aromatic N) is 2. The van der Waals surface area contributed by atoms with Crippen LogP contribution in [0.15, 0.2) is 60.0 Å². The van der Waals surface area contributed by atoms with Gasteiger partial charge in [0.05, 0.1) is 27.4 Å². The van der Waals surface area contributed by atoms with E-state index in [1.54, 1.807) is 61.8 Å². The standard InChI is InChI=1S/C27H32ClN3O5S/c1-34-15-14-31(27(33)29-22-9-7-21(28)8-10-22)19-26(32)30(18-23-5-4-16-37-23)13-12-20-6-11-24(35-2)25(17-20)36-3/h4-11,16-17H,12-15,18-19H2,1-3H3,(H,29,33). The first-order valence-corrected chi connectivity index (χ1v) is 13.0. The van der Waals surface area contributed by atoms with E-state index in [1.807, 2.05) is 35.7 Å². The molecule has 1 aromatic heterocycles. The number of methoxy groups -OCH3 is 3. The van der Waals surface area contributed by atoms with Gasteiger partial charge >= 0.3 is 6.03 Å². The Bertz CT molecular complexity index is 1140. The maximum absolute atomic E-state index is 13.5. The molecule has 0 radical (unpaired) electrons. The van der Waals surface area contributed by atoms with E-state index in [-0.39, 0.29) is 25.0 Å². The van der Waals surface area contributed by atoms with Gasteiger partial charge in [-0.25, -0.2) is 4.79 Å². The molecule has 1 heterocycles. The van der Waals surface area contributed by atoms with Crippen molar-refractivity contribution in [1.29, 1.82) is 0 Å². The third-order valence-corrected chi connectivity index (χ3v) is 6.79. The Morgan fingerprint density at radius 2 is 1.70 bits per heavy atom. The van der Waals surface area contributed by atoms with E-state index in [1.165, 1.54) is 4.90 Å². The molecule has 0 unspecified atom stereocenters. The second kappa shape index (κ2) is 14.5. The Labute approximate surface area is 226 Å². The molecule has 0 bridgehead atoms. The minimum atomic E-state index is -0.385. The summed E-state index contributed by atoms with van der Waals surface area (Å²) in [4.78, 5) is 30.8. The Morgan fingerprint density at radius 1 is 0.946 bits per heavy atom. The number of amides is 3. The summed E-state index contributed by atoms with van der Waals surface area (Å²) >= 11 is 7.53. The highest BCUT2D eigenvalue weighted by Gasteiger charge is 2.22. The van der Waals surface area contributed by atoms with Gasteiger partial charge in [-0.3, -0.25) is 4.79 Å². The number of benzene rings is 2. The summed E-state index contributed by atoms with van der Waals surface area (Å²) < 4.78 is 15.9. The zero-order valence-corrected chi connectivity index (χ0v) is 22.8. The smallest absolute Gasteiger partial charge is 0.322 e. The van der Waals surface area contributed by atoms with Crippen LogP contribution in [0.4, 0.5) is 10.5 Å². The van der Waals surface area contributed by atoms with Crippen LogP contribution in [0.1, 0.15) is 10.4 Å². The molecule has 3 aromatic rings. The Morgan fingerprint density at radius 3 is 2.35 bits per heavy atom. The van der Waals surface area contributed by atoms with Gasteiger partial charge in [-0.2, -0.15) is 0 Å². The normalized spacial score (nSPS) is 10.6. The average molecular weight is 546 g/mol. The first kappa shape index (κ1) is 28.3. The van der Waals surface area contributed by atoms with Crippen LogP contribution in [-0.2, 0) is 22.5 Å². The van der Waals surface area contributed by atoms with Crippen LogP contribution in [0.3, 0.4) is 0 Å². The molecule has 0 aliphatic rings. The van der Waals surface area contributed by atoms with E-state index < -0.39 is 0 Å². The van der Waals surface area contributed by atoms with Crippen LogP contribution >= 0.6 is 22.9 Å². The number of urea groups is 1. The van der Waals surface area contributed by atoms with Crippen molar-refractivity contribution in [3.05, 3.63) is 75.4 Å². The maximum atomic E-state index is 13.5. The number of carbonyl (C=O) groups is 2. The number of carbonyl (C=O) groups excluding carboxylic acids is 2. The molecule has 37 heavy (non-hydrogen) atoms. The van der Waals surface area contributed by atoms with Crippen molar-refractivity contribution < 1.29 is 23.8 Å². The lowest BCUT2D eigenvalue weighted by molar-refractivity contribution is -0.132. The molecule has 0 aliphatic carbocycles. The number of halogens is 1. The predicted molar refractivity (Wildman–Crippen MR) is 147 cm³/mol. The van der Waals surface area contributed by atoms with Crippen molar-refractivity contribution in [3.63, 3.8) is 0 Å². The number of hydrogen-bond donors (Lipinski definition) is 1. The first-order valence-electron chi connectivity index (χ1n) is 11.7. The van der Waals surface area contributed by atoms with E-state index >= 15 is 0 Å². The minimum Gasteiger partial charge on any atom is -0.493 e. The number of hydrogen-bond acceptors (Lipinski definition) is 6. The molecule has 8 nitrogen and oxygen atoms in total.